The summed E-state index contributed by atoms with van der Waals surface area (Å²) in [7, 11) is 0. The molecular weight excluding hydrogens is 511 g/mol. The third-order valence-electron chi connectivity index (χ3n) is 5.37. The predicted molar refractivity (Wildman–Crippen MR) is 133 cm³/mol. The van der Waals surface area contributed by atoms with E-state index in [0.29, 0.717) is 0 Å². The maximum absolute atomic E-state index is 9.12. The van der Waals surface area contributed by atoms with Crippen LogP contribution in [0.4, 0.5) is 0 Å². The minimum atomic E-state index is 0. The smallest absolute Gasteiger partial charge is 0.285 e. The normalized spacial score (nSPS) is 9.30. The van der Waals surface area contributed by atoms with E-state index in [2.05, 4.69) is 0 Å². The maximum atomic E-state index is 9.12. The number of rotatable bonds is 0. The van der Waals surface area contributed by atoms with Gasteiger partial charge in [0.05, 0.1) is 0 Å². The molecule has 4 aromatic heterocycles. The van der Waals surface area contributed by atoms with Crippen molar-refractivity contribution in [1.29, 1.82) is 0 Å². The van der Waals surface area contributed by atoms with Crippen LogP contribution in [0, 0.1) is 55.4 Å². The Morgan fingerprint density at radius 3 is 0.514 bits per heavy atom. The molecule has 0 atom stereocenters. The second-order valence-electron chi connectivity index (χ2n) is 8.48. The molecule has 0 bridgehead atoms. The molecule has 4 rings (SSSR count). The first-order chi connectivity index (χ1) is 16.9. The predicted octanol–water partition coefficient (Wildman–Crippen LogP) is 3.31. The van der Waals surface area contributed by atoms with E-state index in [0.717, 1.165) is 45.6 Å². The van der Waals surface area contributed by atoms with E-state index in [1.165, 1.54) is 18.9 Å². The SMILES string of the molecule is Cc1cccc(C)[n+]1O.Cc1cccc(C)[n+]1O.Cc1cccc(C)[n+]1O.Cc1cccc(C)[n+]1O.[Mn+2]. The van der Waals surface area contributed by atoms with Crippen molar-refractivity contribution in [3.63, 3.8) is 0 Å². The molecule has 0 unspecified atom stereocenters. The molecule has 8 nitrogen and oxygen atoms in total. The van der Waals surface area contributed by atoms with E-state index in [1.54, 1.807) is 0 Å². The molecule has 0 aliphatic heterocycles. The van der Waals surface area contributed by atoms with Gasteiger partial charge in [-0.3, -0.25) is 20.8 Å². The summed E-state index contributed by atoms with van der Waals surface area (Å²) in [5, 5.41) is 36.5. The molecule has 1 radical (unpaired) electrons. The van der Waals surface area contributed by atoms with Gasteiger partial charge >= 0.3 is 17.1 Å². The molecule has 0 aromatic carbocycles. The van der Waals surface area contributed by atoms with Gasteiger partial charge in [0.1, 0.15) is 0 Å². The van der Waals surface area contributed by atoms with Gasteiger partial charge in [-0.25, -0.2) is 0 Å². The molecule has 4 heterocycles. The zero-order chi connectivity index (χ0) is 27.4. The Hall–Kier alpha value is -3.68. The van der Waals surface area contributed by atoms with Crippen LogP contribution in [-0.4, -0.2) is 20.8 Å². The molecule has 37 heavy (non-hydrogen) atoms. The summed E-state index contributed by atoms with van der Waals surface area (Å²) < 4.78 is 4.67. The largest absolute Gasteiger partial charge is 2.00 e. The number of hydrogen-bond acceptors (Lipinski definition) is 4. The van der Waals surface area contributed by atoms with Gasteiger partial charge in [-0.05, 0) is 24.3 Å². The molecule has 0 aliphatic rings. The summed E-state index contributed by atoms with van der Waals surface area (Å²) in [6.07, 6.45) is 0. The quantitative estimate of drug-likeness (QED) is 0.153. The van der Waals surface area contributed by atoms with Crippen molar-refractivity contribution < 1.29 is 56.8 Å². The first kappa shape index (κ1) is 33.3. The Balaban J connectivity index is 0.000000463. The zero-order valence-corrected chi connectivity index (χ0v) is 24.1. The monoisotopic (exact) mass is 551 g/mol. The average Bonchev–Trinajstić information content (AvgIpc) is 2.84. The Morgan fingerprint density at radius 2 is 0.432 bits per heavy atom. The third-order valence-corrected chi connectivity index (χ3v) is 5.37. The van der Waals surface area contributed by atoms with Crippen LogP contribution < -0.4 is 18.9 Å². The van der Waals surface area contributed by atoms with Crippen LogP contribution in [0.3, 0.4) is 0 Å². The Kier molecular flexibility index (Phi) is 14.5. The van der Waals surface area contributed by atoms with Crippen LogP contribution in [-0.2, 0) is 17.1 Å². The molecule has 0 amide bonds. The van der Waals surface area contributed by atoms with E-state index in [1.807, 2.05) is 128 Å². The van der Waals surface area contributed by atoms with Gasteiger partial charge < -0.3 is 0 Å². The first-order valence-electron chi connectivity index (χ1n) is 11.6. The molecule has 4 N–H and O–H groups in total. The molecule has 197 valence electrons. The number of hydrogen-bond donors (Lipinski definition) is 4. The fourth-order valence-corrected chi connectivity index (χ4v) is 2.98. The van der Waals surface area contributed by atoms with Gasteiger partial charge in [-0.15, -0.1) is 0 Å². The van der Waals surface area contributed by atoms with Gasteiger partial charge in [-0.1, -0.05) is 0 Å². The summed E-state index contributed by atoms with van der Waals surface area (Å²) in [6, 6.07) is 22.5. The summed E-state index contributed by atoms with van der Waals surface area (Å²) in [5.41, 5.74) is 6.85. The molecule has 0 aliphatic carbocycles. The van der Waals surface area contributed by atoms with E-state index >= 15 is 0 Å². The van der Waals surface area contributed by atoms with Gasteiger partial charge in [0.25, 0.3) is 0 Å². The Bertz CT molecular complexity index is 1000. The van der Waals surface area contributed by atoms with Gasteiger partial charge in [0.2, 0.25) is 45.6 Å². The Morgan fingerprint density at radius 1 is 0.324 bits per heavy atom. The van der Waals surface area contributed by atoms with Gasteiger partial charge in [0, 0.05) is 123 Å². The van der Waals surface area contributed by atoms with Crippen molar-refractivity contribution in [1.82, 2.24) is 0 Å². The Labute approximate surface area is 230 Å². The van der Waals surface area contributed by atoms with Crippen molar-refractivity contribution in [3.8, 4) is 0 Å². The van der Waals surface area contributed by atoms with Crippen molar-refractivity contribution >= 4 is 0 Å². The van der Waals surface area contributed by atoms with E-state index in [-0.39, 0.29) is 17.1 Å². The van der Waals surface area contributed by atoms with Crippen LogP contribution in [0.2, 0.25) is 0 Å². The van der Waals surface area contributed by atoms with Crippen LogP contribution in [0.5, 0.6) is 0 Å². The van der Waals surface area contributed by atoms with Crippen LogP contribution in [0.25, 0.3) is 0 Å². The number of aryl methyl sites for hydroxylation is 8. The minimum absolute atomic E-state index is 0. The van der Waals surface area contributed by atoms with Crippen molar-refractivity contribution in [2.45, 2.75) is 55.4 Å². The molecule has 4 aromatic rings. The van der Waals surface area contributed by atoms with Crippen molar-refractivity contribution in [2.75, 3.05) is 0 Å². The molecule has 0 fully saturated rings. The zero-order valence-electron chi connectivity index (χ0n) is 22.9. The average molecular weight is 552 g/mol. The third kappa shape index (κ3) is 10.9. The molecule has 9 heteroatoms. The molecule has 0 saturated heterocycles. The van der Waals surface area contributed by atoms with Gasteiger partial charge in [-0.2, -0.15) is 0 Å². The molecule has 0 spiro atoms. The summed E-state index contributed by atoms with van der Waals surface area (Å²) in [4.78, 5) is 0. The van der Waals surface area contributed by atoms with E-state index < -0.39 is 0 Å². The van der Waals surface area contributed by atoms with Crippen molar-refractivity contribution in [2.24, 2.45) is 0 Å². The standard InChI is InChI=1S/4C7H10NO.Mn/c4*1-6-4-3-5-7(2)8(6)9;/h4*3-5,9H,1-2H3;/q4*+1;+2. The van der Waals surface area contributed by atoms with Crippen LogP contribution >= 0.6 is 0 Å². The van der Waals surface area contributed by atoms with E-state index in [9.17, 15) is 0 Å². The van der Waals surface area contributed by atoms with Crippen LogP contribution in [0.1, 0.15) is 45.6 Å². The second kappa shape index (κ2) is 16.1. The maximum Gasteiger partial charge on any atom is 2.00 e. The van der Waals surface area contributed by atoms with Crippen molar-refractivity contribution in [3.05, 3.63) is 118 Å². The van der Waals surface area contributed by atoms with Gasteiger partial charge in [0.15, 0.2) is 0 Å². The van der Waals surface area contributed by atoms with E-state index in [4.69, 9.17) is 20.8 Å². The first-order valence-corrected chi connectivity index (χ1v) is 11.6. The summed E-state index contributed by atoms with van der Waals surface area (Å²) in [6.45, 7) is 14.8. The summed E-state index contributed by atoms with van der Waals surface area (Å²) >= 11 is 0. The summed E-state index contributed by atoms with van der Waals surface area (Å²) in [5.74, 6) is 0. The molecular formula is C28H40MnN4O4+6. The topological polar surface area (TPSA) is 96.4 Å². The second-order valence-corrected chi connectivity index (χ2v) is 8.48. The fourth-order valence-electron chi connectivity index (χ4n) is 2.98. The number of nitrogens with zero attached hydrogens (tertiary/aromatic N) is 4. The number of pyridine rings is 4. The fraction of sp³-hybridized carbons (Fsp3) is 0.286. The van der Waals surface area contributed by atoms with Crippen LogP contribution in [0.15, 0.2) is 72.8 Å². The molecule has 0 saturated carbocycles. The number of aromatic nitrogens is 4. The minimum Gasteiger partial charge on any atom is -0.285 e.